The zero-order valence-corrected chi connectivity index (χ0v) is 17.7. The van der Waals surface area contributed by atoms with Gasteiger partial charge in [-0.1, -0.05) is 35.9 Å². The van der Waals surface area contributed by atoms with Gasteiger partial charge in [-0.2, -0.15) is 0 Å². The fourth-order valence-corrected chi connectivity index (χ4v) is 4.47. The van der Waals surface area contributed by atoms with Crippen molar-refractivity contribution < 1.29 is 13.2 Å². The molecule has 0 aromatic heterocycles. The van der Waals surface area contributed by atoms with Gasteiger partial charge in [-0.25, -0.2) is 8.42 Å². The fraction of sp³-hybridized carbons (Fsp3) is 0.381. The highest BCUT2D eigenvalue weighted by Gasteiger charge is 2.22. The lowest BCUT2D eigenvalue weighted by atomic mass is 10.0. The molecule has 0 aliphatic carbocycles. The van der Waals surface area contributed by atoms with E-state index >= 15 is 0 Å². The van der Waals surface area contributed by atoms with Gasteiger partial charge in [0.05, 0.1) is 11.9 Å². The van der Waals surface area contributed by atoms with E-state index in [-0.39, 0.29) is 18.9 Å². The fourth-order valence-electron chi connectivity index (χ4n) is 3.43. The standard InChI is InChI=1S/C21H28N2O3S/c1-14-12-17(4)21(18(5)13-14)23(27(6,25)26)11-10-19(24)22-20-15(2)8-7-9-16(20)3/h7-9,12-13H,10-11H2,1-6H3,(H,22,24). The van der Waals surface area contributed by atoms with E-state index in [0.717, 1.165) is 33.5 Å². The maximum absolute atomic E-state index is 12.5. The summed E-state index contributed by atoms with van der Waals surface area (Å²) in [5, 5.41) is 2.91. The van der Waals surface area contributed by atoms with E-state index in [1.54, 1.807) is 0 Å². The summed E-state index contributed by atoms with van der Waals surface area (Å²) < 4.78 is 26.1. The molecule has 0 bridgehead atoms. The number of benzene rings is 2. The number of amides is 1. The Labute approximate surface area is 162 Å². The molecule has 0 aliphatic heterocycles. The maximum Gasteiger partial charge on any atom is 0.232 e. The summed E-state index contributed by atoms with van der Waals surface area (Å²) in [5.74, 6) is -0.205. The van der Waals surface area contributed by atoms with Crippen LogP contribution >= 0.6 is 0 Å². The smallest absolute Gasteiger partial charge is 0.232 e. The number of nitrogens with zero attached hydrogens (tertiary/aromatic N) is 1. The number of nitrogens with one attached hydrogen (secondary N) is 1. The first-order valence-electron chi connectivity index (χ1n) is 8.92. The number of anilines is 2. The Kier molecular flexibility index (Phi) is 6.31. The van der Waals surface area contributed by atoms with Gasteiger partial charge in [-0.15, -0.1) is 0 Å². The van der Waals surface area contributed by atoms with Crippen molar-refractivity contribution in [1.82, 2.24) is 0 Å². The van der Waals surface area contributed by atoms with Crippen LogP contribution in [-0.2, 0) is 14.8 Å². The summed E-state index contributed by atoms with van der Waals surface area (Å²) in [6.45, 7) is 9.73. The molecule has 146 valence electrons. The maximum atomic E-state index is 12.5. The van der Waals surface area contributed by atoms with Gasteiger partial charge in [0.2, 0.25) is 15.9 Å². The predicted molar refractivity (Wildman–Crippen MR) is 112 cm³/mol. The molecule has 1 amide bonds. The van der Waals surface area contributed by atoms with Crippen molar-refractivity contribution in [2.75, 3.05) is 22.4 Å². The molecule has 0 radical (unpaired) electrons. The highest BCUT2D eigenvalue weighted by Crippen LogP contribution is 2.28. The van der Waals surface area contributed by atoms with E-state index in [1.807, 2.05) is 65.0 Å². The van der Waals surface area contributed by atoms with Gasteiger partial charge >= 0.3 is 0 Å². The Morgan fingerprint density at radius 3 is 1.96 bits per heavy atom. The van der Waals surface area contributed by atoms with Gasteiger partial charge in [0.1, 0.15) is 0 Å². The summed E-state index contributed by atoms with van der Waals surface area (Å²) in [4.78, 5) is 12.5. The molecule has 1 N–H and O–H groups in total. The quantitative estimate of drug-likeness (QED) is 0.813. The second kappa shape index (κ2) is 8.13. The zero-order valence-electron chi connectivity index (χ0n) is 16.9. The highest BCUT2D eigenvalue weighted by molar-refractivity contribution is 7.92. The van der Waals surface area contributed by atoms with E-state index in [4.69, 9.17) is 0 Å². The zero-order chi connectivity index (χ0) is 20.4. The van der Waals surface area contributed by atoms with E-state index in [9.17, 15) is 13.2 Å². The Morgan fingerprint density at radius 2 is 1.48 bits per heavy atom. The largest absolute Gasteiger partial charge is 0.326 e. The first kappa shape index (κ1) is 21.0. The molecule has 0 atom stereocenters. The number of hydrogen-bond acceptors (Lipinski definition) is 3. The van der Waals surface area contributed by atoms with Crippen LogP contribution in [0.1, 0.15) is 34.2 Å². The number of sulfonamides is 1. The first-order valence-corrected chi connectivity index (χ1v) is 10.8. The van der Waals surface area contributed by atoms with Crippen molar-refractivity contribution in [3.63, 3.8) is 0 Å². The third-order valence-corrected chi connectivity index (χ3v) is 5.74. The van der Waals surface area contributed by atoms with Crippen molar-refractivity contribution in [1.29, 1.82) is 0 Å². The predicted octanol–water partition coefficient (Wildman–Crippen LogP) is 4.02. The third-order valence-electron chi connectivity index (χ3n) is 4.57. The number of para-hydroxylation sites is 1. The molecule has 0 aliphatic rings. The average molecular weight is 389 g/mol. The lowest BCUT2D eigenvalue weighted by Crippen LogP contribution is -2.34. The highest BCUT2D eigenvalue weighted by atomic mass is 32.2. The van der Waals surface area contributed by atoms with Gasteiger partial charge in [0, 0.05) is 18.7 Å². The topological polar surface area (TPSA) is 66.5 Å². The van der Waals surface area contributed by atoms with Crippen LogP contribution in [0.2, 0.25) is 0 Å². The van der Waals surface area contributed by atoms with Crippen LogP contribution in [0.5, 0.6) is 0 Å². The molecule has 5 nitrogen and oxygen atoms in total. The van der Waals surface area contributed by atoms with Crippen LogP contribution < -0.4 is 9.62 Å². The molecule has 2 aromatic carbocycles. The molecule has 0 saturated carbocycles. The van der Waals surface area contributed by atoms with E-state index in [1.165, 1.54) is 10.6 Å². The molecular formula is C21H28N2O3S. The van der Waals surface area contributed by atoms with Crippen molar-refractivity contribution in [2.24, 2.45) is 0 Å². The lowest BCUT2D eigenvalue weighted by Gasteiger charge is -2.26. The Hall–Kier alpha value is -2.34. The van der Waals surface area contributed by atoms with Crippen LogP contribution in [0, 0.1) is 34.6 Å². The number of hydrogen-bond donors (Lipinski definition) is 1. The molecule has 0 fully saturated rings. The second-order valence-electron chi connectivity index (χ2n) is 7.15. The number of carbonyl (C=O) groups is 1. The summed E-state index contributed by atoms with van der Waals surface area (Å²) in [6.07, 6.45) is 1.25. The van der Waals surface area contributed by atoms with Gasteiger partial charge in [0.15, 0.2) is 0 Å². The summed E-state index contributed by atoms with van der Waals surface area (Å²) in [6, 6.07) is 9.72. The molecule has 6 heteroatoms. The monoisotopic (exact) mass is 388 g/mol. The van der Waals surface area contributed by atoms with Crippen molar-refractivity contribution >= 4 is 27.3 Å². The lowest BCUT2D eigenvalue weighted by molar-refractivity contribution is -0.116. The number of rotatable bonds is 6. The van der Waals surface area contributed by atoms with Gasteiger partial charge < -0.3 is 5.32 Å². The van der Waals surface area contributed by atoms with Gasteiger partial charge in [-0.3, -0.25) is 9.10 Å². The van der Waals surface area contributed by atoms with Crippen LogP contribution in [0.25, 0.3) is 0 Å². The average Bonchev–Trinajstić information content (AvgIpc) is 2.52. The van der Waals surface area contributed by atoms with E-state index in [0.29, 0.717) is 5.69 Å². The minimum absolute atomic E-state index is 0.0770. The van der Waals surface area contributed by atoms with Crippen LogP contribution in [0.4, 0.5) is 11.4 Å². The van der Waals surface area contributed by atoms with E-state index < -0.39 is 10.0 Å². The first-order chi connectivity index (χ1) is 12.5. The van der Waals surface area contributed by atoms with Crippen LogP contribution in [0.3, 0.4) is 0 Å². The SMILES string of the molecule is Cc1cc(C)c(N(CCC(=O)Nc2c(C)cccc2C)S(C)(=O)=O)c(C)c1. The minimum atomic E-state index is -3.51. The van der Waals surface area contributed by atoms with Crippen LogP contribution in [-0.4, -0.2) is 27.1 Å². The van der Waals surface area contributed by atoms with Crippen LogP contribution in [0.15, 0.2) is 30.3 Å². The Bertz CT molecular complexity index is 922. The summed E-state index contributed by atoms with van der Waals surface area (Å²) in [5.41, 5.74) is 6.25. The van der Waals surface area contributed by atoms with Crippen molar-refractivity contribution in [2.45, 2.75) is 41.0 Å². The van der Waals surface area contributed by atoms with Crippen molar-refractivity contribution in [3.05, 3.63) is 58.1 Å². The second-order valence-corrected chi connectivity index (χ2v) is 9.05. The minimum Gasteiger partial charge on any atom is -0.326 e. The number of carbonyl (C=O) groups excluding carboxylic acids is 1. The molecule has 2 rings (SSSR count). The molecular weight excluding hydrogens is 360 g/mol. The summed E-state index contributed by atoms with van der Waals surface area (Å²) in [7, 11) is -3.51. The molecule has 0 spiro atoms. The normalized spacial score (nSPS) is 11.3. The Balaban J connectivity index is 2.23. The third kappa shape index (κ3) is 5.10. The number of aryl methyl sites for hydroxylation is 5. The molecule has 0 saturated heterocycles. The molecule has 0 heterocycles. The summed E-state index contributed by atoms with van der Waals surface area (Å²) >= 11 is 0. The van der Waals surface area contributed by atoms with Crippen molar-refractivity contribution in [3.8, 4) is 0 Å². The van der Waals surface area contributed by atoms with E-state index in [2.05, 4.69) is 5.32 Å². The molecule has 2 aromatic rings. The Morgan fingerprint density at radius 1 is 0.963 bits per heavy atom. The van der Waals surface area contributed by atoms with Gasteiger partial charge in [-0.05, 0) is 56.9 Å². The molecule has 27 heavy (non-hydrogen) atoms. The van der Waals surface area contributed by atoms with Gasteiger partial charge in [0.25, 0.3) is 0 Å². The molecule has 0 unspecified atom stereocenters.